The summed E-state index contributed by atoms with van der Waals surface area (Å²) in [6.07, 6.45) is -25.7. The second-order valence-electron chi connectivity index (χ2n) is 26.7. The quantitative estimate of drug-likeness (QED) is 0.0358. The van der Waals surface area contributed by atoms with Gasteiger partial charge in [0, 0.05) is 7.11 Å². The first-order chi connectivity index (χ1) is 55.0. The van der Waals surface area contributed by atoms with E-state index in [1.807, 2.05) is 0 Å². The van der Waals surface area contributed by atoms with E-state index in [0.29, 0.717) is 9.80 Å². The second kappa shape index (κ2) is 32.9. The highest BCUT2D eigenvalue weighted by Gasteiger charge is 2.64. The van der Waals surface area contributed by atoms with Crippen molar-refractivity contribution in [3.63, 3.8) is 0 Å². The number of carbonyl (C=O) groups is 12. The van der Waals surface area contributed by atoms with Crippen molar-refractivity contribution >= 4 is 71.3 Å². The van der Waals surface area contributed by atoms with Gasteiger partial charge < -0.3 is 61.9 Å². The van der Waals surface area contributed by atoms with E-state index in [-0.39, 0.29) is 66.8 Å². The maximum atomic E-state index is 15.9. The Labute approximate surface area is 643 Å². The molecule has 0 aromatic heterocycles. The van der Waals surface area contributed by atoms with Gasteiger partial charge in [-0.2, -0.15) is 0 Å². The monoisotopic (exact) mass is 1530 g/mol. The highest BCUT2D eigenvalue weighted by atomic mass is 16.8. The first-order valence-corrected chi connectivity index (χ1v) is 35.8. The van der Waals surface area contributed by atoms with Gasteiger partial charge in [0.25, 0.3) is 35.4 Å². The lowest BCUT2D eigenvalue weighted by atomic mass is 9.91. The molecule has 28 heteroatoms. The Balaban J connectivity index is 0.935. The summed E-state index contributed by atoms with van der Waals surface area (Å²) in [6.45, 7) is -2.84. The number of hydrogen-bond acceptors (Lipinski definition) is 25. The number of aliphatic hydroxyl groups is 1. The predicted molar refractivity (Wildman–Crippen MR) is 388 cm³/mol. The summed E-state index contributed by atoms with van der Waals surface area (Å²) in [5.41, 5.74) is -1.40. The number of ether oxygens (including phenoxy) is 12. The van der Waals surface area contributed by atoms with Crippen LogP contribution in [-0.4, -0.2) is 210 Å². The lowest BCUT2D eigenvalue weighted by Crippen LogP contribution is -2.72. The van der Waals surface area contributed by atoms with Crippen molar-refractivity contribution in [1.29, 1.82) is 0 Å². The Hall–Kier alpha value is -13.1. The van der Waals surface area contributed by atoms with E-state index in [1.165, 1.54) is 194 Å². The molecule has 6 amide bonds. The molecule has 15 unspecified atom stereocenters. The minimum atomic E-state index is -2.43. The zero-order valence-electron chi connectivity index (χ0n) is 59.6. The molecule has 9 aromatic rings. The molecule has 15 atom stereocenters. The molecule has 113 heavy (non-hydrogen) atoms. The first kappa shape index (κ1) is 75.4. The molecule has 0 spiro atoms. The Morgan fingerprint density at radius 3 is 0.796 bits per heavy atom. The summed E-state index contributed by atoms with van der Waals surface area (Å²) in [5.74, 6) is -12.6. The molecule has 6 aliphatic heterocycles. The number of amides is 6. The molecule has 572 valence electrons. The van der Waals surface area contributed by atoms with Gasteiger partial charge in [0.05, 0.1) is 66.8 Å². The van der Waals surface area contributed by atoms with E-state index in [2.05, 4.69) is 0 Å². The average molecular weight is 1530 g/mol. The number of imide groups is 3. The van der Waals surface area contributed by atoms with Gasteiger partial charge in [-0.15, -0.1) is 0 Å². The maximum absolute atomic E-state index is 15.9. The highest BCUT2D eigenvalue weighted by Crippen LogP contribution is 2.44. The largest absolute Gasteiger partial charge is 0.459 e. The molecule has 28 nitrogen and oxygen atoms in total. The lowest BCUT2D eigenvalue weighted by Gasteiger charge is -2.53. The van der Waals surface area contributed by atoms with Gasteiger partial charge in [0.15, 0.2) is 37.2 Å². The van der Waals surface area contributed by atoms with Crippen LogP contribution < -0.4 is 0 Å². The molecular formula is C85H67N3O25. The number of hydrogen-bond donors (Lipinski definition) is 1. The number of aliphatic hydroxyl groups excluding tert-OH is 1. The van der Waals surface area contributed by atoms with Crippen molar-refractivity contribution in [1.82, 2.24) is 14.7 Å². The van der Waals surface area contributed by atoms with Gasteiger partial charge in [-0.3, -0.25) is 43.5 Å². The Morgan fingerprint density at radius 2 is 0.513 bits per heavy atom. The van der Waals surface area contributed by atoms with Crippen LogP contribution in [0.3, 0.4) is 0 Å². The van der Waals surface area contributed by atoms with E-state index in [4.69, 9.17) is 56.8 Å². The van der Waals surface area contributed by atoms with Crippen LogP contribution in [0.25, 0.3) is 0 Å². The summed E-state index contributed by atoms with van der Waals surface area (Å²) < 4.78 is 78.9. The third-order valence-electron chi connectivity index (χ3n) is 20.0. The van der Waals surface area contributed by atoms with Gasteiger partial charge in [-0.25, -0.2) is 28.8 Å². The lowest BCUT2D eigenvalue weighted by molar-refractivity contribution is -0.359. The fourth-order valence-electron chi connectivity index (χ4n) is 14.5. The molecule has 0 saturated carbocycles. The summed E-state index contributed by atoms with van der Waals surface area (Å²) in [4.78, 5) is 183. The van der Waals surface area contributed by atoms with Gasteiger partial charge in [0.2, 0.25) is 0 Å². The average Bonchev–Trinajstić information content (AvgIpc) is 1.68. The minimum absolute atomic E-state index is 0.0326. The summed E-state index contributed by atoms with van der Waals surface area (Å²) in [7, 11) is 1.15. The maximum Gasteiger partial charge on any atom is 0.338 e. The van der Waals surface area contributed by atoms with E-state index >= 15 is 38.4 Å². The van der Waals surface area contributed by atoms with E-state index in [0.717, 1.165) is 12.0 Å². The normalized spacial score (nSPS) is 25.0. The molecule has 1 N–H and O–H groups in total. The Bertz CT molecular complexity index is 5030. The van der Waals surface area contributed by atoms with Crippen molar-refractivity contribution in [2.24, 2.45) is 0 Å². The topological polar surface area (TPSA) is 346 Å². The molecule has 0 aliphatic carbocycles. The zero-order valence-corrected chi connectivity index (χ0v) is 59.6. The standard InChI is InChI=1S/C85H67N3O25/c1-102-83-63(87-73(92)55-40-22-23-41-56(55)74(87)93)69(110-81(100)51-34-16-6-17-35-51)66(60(107-83)45-104-78(97)48-28-10-3-11-29-48)113-85-64(88-75(94)57-42-24-25-43-58(57)76(88)95)70(111-82(101)52-36-18-7-19-37-52)67(61(108-85)46-105-79(98)49-30-12-4-13-31-49)112-84-62(86-71(90)53-38-20-21-39-54(53)72(86)91)68(109-80(99)50-32-14-5-15-33-50)65(89)59(106-84)44-103-77(96)47-26-8-2-9-27-47/h2-43,59-70,83-85,89H,44-46H2,1H3. The number of nitrogens with zero attached hydrogens (tertiary/aromatic N) is 3. The van der Waals surface area contributed by atoms with Gasteiger partial charge in [-0.05, 0) is 109 Å². The summed E-state index contributed by atoms with van der Waals surface area (Å²) >= 11 is 0. The SMILES string of the molecule is COC1OC(COC(=O)c2ccccc2)C(OC2OC(COC(=O)c3ccccc3)C(OC3OC(COC(=O)c4ccccc4)C(O)C(OC(=O)c4ccccc4)C3N3C(=O)c4ccccc4C3=O)C(OC(=O)c3ccccc3)C2N2C(=O)c3ccccc3C2=O)C(OC(=O)c2ccccc2)C1N1C(=O)c2ccccc2C1=O. The first-order valence-electron chi connectivity index (χ1n) is 35.8. The van der Waals surface area contributed by atoms with Crippen LogP contribution in [0.4, 0.5) is 0 Å². The van der Waals surface area contributed by atoms with E-state index < -0.39 is 183 Å². The number of esters is 6. The number of fused-ring (bicyclic) bond motifs is 3. The van der Waals surface area contributed by atoms with Gasteiger partial charge in [-0.1, -0.05) is 146 Å². The molecule has 3 saturated heterocycles. The molecule has 6 aliphatic rings. The third kappa shape index (κ3) is 15.0. The van der Waals surface area contributed by atoms with Crippen LogP contribution in [-0.2, 0) is 56.8 Å². The van der Waals surface area contributed by atoms with Crippen molar-refractivity contribution in [3.05, 3.63) is 322 Å². The van der Waals surface area contributed by atoms with Crippen LogP contribution in [0.15, 0.2) is 255 Å². The molecule has 3 fully saturated rings. The minimum Gasteiger partial charge on any atom is -0.459 e. The van der Waals surface area contributed by atoms with E-state index in [1.54, 1.807) is 60.7 Å². The smallest absolute Gasteiger partial charge is 0.338 e. The number of carbonyl (C=O) groups excluding carboxylic acids is 12. The van der Waals surface area contributed by atoms with Crippen LogP contribution in [0.1, 0.15) is 124 Å². The number of methoxy groups -OCH3 is 1. The van der Waals surface area contributed by atoms with Crippen LogP contribution in [0.5, 0.6) is 0 Å². The molecule has 15 rings (SSSR count). The molecule has 6 heterocycles. The van der Waals surface area contributed by atoms with Gasteiger partial charge in [0.1, 0.15) is 74.6 Å². The van der Waals surface area contributed by atoms with Crippen molar-refractivity contribution in [2.75, 3.05) is 26.9 Å². The van der Waals surface area contributed by atoms with Crippen LogP contribution >= 0.6 is 0 Å². The summed E-state index contributed by atoms with van der Waals surface area (Å²) in [6, 6.07) is 55.3. The Kier molecular flexibility index (Phi) is 21.9. The van der Waals surface area contributed by atoms with Crippen molar-refractivity contribution in [3.8, 4) is 0 Å². The molecule has 9 aromatic carbocycles. The number of benzene rings is 9. The van der Waals surface area contributed by atoms with Crippen molar-refractivity contribution < 1.29 is 119 Å². The van der Waals surface area contributed by atoms with Crippen LogP contribution in [0.2, 0.25) is 0 Å². The fraction of sp³-hybridized carbons (Fsp3) is 0.224. The van der Waals surface area contributed by atoms with Crippen molar-refractivity contribution in [2.45, 2.75) is 91.9 Å². The molecular weight excluding hydrogens is 1460 g/mol. The van der Waals surface area contributed by atoms with E-state index in [9.17, 15) is 24.3 Å². The fourth-order valence-corrected chi connectivity index (χ4v) is 14.5. The Morgan fingerprint density at radius 1 is 0.292 bits per heavy atom. The third-order valence-corrected chi connectivity index (χ3v) is 20.0. The predicted octanol–water partition coefficient (Wildman–Crippen LogP) is 8.18. The molecule has 0 radical (unpaired) electrons. The zero-order chi connectivity index (χ0) is 78.6. The van der Waals surface area contributed by atoms with Gasteiger partial charge >= 0.3 is 35.8 Å². The summed E-state index contributed by atoms with van der Waals surface area (Å²) in [5, 5.41) is 12.9. The number of rotatable bonds is 23. The highest BCUT2D eigenvalue weighted by molar-refractivity contribution is 6.23. The second-order valence-corrected chi connectivity index (χ2v) is 26.7. The molecule has 0 bridgehead atoms. The van der Waals surface area contributed by atoms with Crippen LogP contribution in [0, 0.1) is 0 Å².